The van der Waals surface area contributed by atoms with Gasteiger partial charge in [-0.2, -0.15) is 0 Å². The lowest BCUT2D eigenvalue weighted by Gasteiger charge is -2.27. The first-order valence-corrected chi connectivity index (χ1v) is 9.15. The SMILES string of the molecule is CC(C)(C)OC(=O)NC1CCc2cc(Nc3cc(F)cnc3[N+](=O)[O-])cnc2C1. The van der Waals surface area contributed by atoms with Crippen LogP contribution in [0.1, 0.15) is 38.4 Å². The number of amides is 1. The molecule has 0 saturated carbocycles. The molecule has 0 fully saturated rings. The Labute approximate surface area is 166 Å². The van der Waals surface area contributed by atoms with Crippen molar-refractivity contribution < 1.29 is 18.8 Å². The van der Waals surface area contributed by atoms with E-state index in [2.05, 4.69) is 20.6 Å². The number of carbonyl (C=O) groups excluding carboxylic acids is 1. The number of halogens is 1. The second kappa shape index (κ2) is 7.98. The summed E-state index contributed by atoms with van der Waals surface area (Å²) in [6.45, 7) is 5.41. The van der Waals surface area contributed by atoms with Crippen molar-refractivity contribution in [3.8, 4) is 0 Å². The first kappa shape index (κ1) is 20.4. The second-order valence-corrected chi connectivity index (χ2v) is 7.82. The van der Waals surface area contributed by atoms with E-state index in [-0.39, 0.29) is 11.7 Å². The monoisotopic (exact) mass is 403 g/mol. The molecule has 154 valence electrons. The molecule has 1 unspecified atom stereocenters. The summed E-state index contributed by atoms with van der Waals surface area (Å²) < 4.78 is 18.7. The molecule has 1 aliphatic carbocycles. The van der Waals surface area contributed by atoms with Crippen molar-refractivity contribution in [3.63, 3.8) is 0 Å². The zero-order chi connectivity index (χ0) is 21.2. The third-order valence-electron chi connectivity index (χ3n) is 4.27. The van der Waals surface area contributed by atoms with Gasteiger partial charge in [0, 0.05) is 24.2 Å². The Morgan fingerprint density at radius 3 is 2.76 bits per heavy atom. The van der Waals surface area contributed by atoms with Gasteiger partial charge in [-0.05, 0) is 55.1 Å². The van der Waals surface area contributed by atoms with E-state index in [0.29, 0.717) is 24.9 Å². The van der Waals surface area contributed by atoms with Crippen molar-refractivity contribution in [1.82, 2.24) is 15.3 Å². The van der Waals surface area contributed by atoms with E-state index in [1.54, 1.807) is 20.8 Å². The molecule has 1 amide bonds. The average Bonchev–Trinajstić information content (AvgIpc) is 2.60. The van der Waals surface area contributed by atoms with Crippen molar-refractivity contribution >= 4 is 23.3 Å². The predicted octanol–water partition coefficient (Wildman–Crippen LogP) is 3.65. The molecule has 0 aliphatic heterocycles. The smallest absolute Gasteiger partial charge is 0.407 e. The number of aromatic nitrogens is 2. The van der Waals surface area contributed by atoms with Gasteiger partial charge in [-0.1, -0.05) is 0 Å². The maximum absolute atomic E-state index is 13.5. The van der Waals surface area contributed by atoms with Crippen molar-refractivity contribution in [1.29, 1.82) is 0 Å². The van der Waals surface area contributed by atoms with Crippen molar-refractivity contribution in [2.45, 2.75) is 51.7 Å². The molecular weight excluding hydrogens is 381 g/mol. The summed E-state index contributed by atoms with van der Waals surface area (Å²) in [5.74, 6) is -1.15. The maximum Gasteiger partial charge on any atom is 0.407 e. The minimum atomic E-state index is -0.680. The highest BCUT2D eigenvalue weighted by atomic mass is 19.1. The molecule has 0 aromatic carbocycles. The van der Waals surface area contributed by atoms with Gasteiger partial charge >= 0.3 is 11.9 Å². The molecule has 2 N–H and O–H groups in total. The predicted molar refractivity (Wildman–Crippen MR) is 104 cm³/mol. The fourth-order valence-corrected chi connectivity index (χ4v) is 3.09. The van der Waals surface area contributed by atoms with E-state index in [1.807, 2.05) is 6.07 Å². The zero-order valence-electron chi connectivity index (χ0n) is 16.4. The number of aryl methyl sites for hydroxylation is 1. The summed E-state index contributed by atoms with van der Waals surface area (Å²) in [7, 11) is 0. The molecule has 1 aliphatic rings. The van der Waals surface area contributed by atoms with Gasteiger partial charge in [0.05, 0.1) is 11.9 Å². The highest BCUT2D eigenvalue weighted by Crippen LogP contribution is 2.28. The Kier molecular flexibility index (Phi) is 5.62. The quantitative estimate of drug-likeness (QED) is 0.591. The molecule has 29 heavy (non-hydrogen) atoms. The number of pyridine rings is 2. The summed E-state index contributed by atoms with van der Waals surface area (Å²) in [6, 6.07) is 2.75. The third kappa shape index (κ3) is 5.37. The number of hydrogen-bond acceptors (Lipinski definition) is 7. The minimum absolute atomic E-state index is 0.0444. The van der Waals surface area contributed by atoms with Crippen molar-refractivity contribution in [2.75, 3.05) is 5.32 Å². The maximum atomic E-state index is 13.5. The van der Waals surface area contributed by atoms with Crippen LogP contribution in [-0.4, -0.2) is 32.6 Å². The van der Waals surface area contributed by atoms with E-state index in [0.717, 1.165) is 23.5 Å². The largest absolute Gasteiger partial charge is 0.444 e. The number of nitrogens with zero attached hydrogens (tertiary/aromatic N) is 3. The van der Waals surface area contributed by atoms with E-state index in [4.69, 9.17) is 4.74 Å². The van der Waals surface area contributed by atoms with Crippen LogP contribution in [0.25, 0.3) is 0 Å². The first-order valence-electron chi connectivity index (χ1n) is 9.15. The van der Waals surface area contributed by atoms with Gasteiger partial charge in [0.15, 0.2) is 12.0 Å². The van der Waals surface area contributed by atoms with E-state index in [9.17, 15) is 19.3 Å². The fraction of sp³-hybridized carbons (Fsp3) is 0.421. The number of hydrogen-bond donors (Lipinski definition) is 2. The van der Waals surface area contributed by atoms with Gasteiger partial charge in [-0.3, -0.25) is 4.98 Å². The standard InChI is InChI=1S/C19H22FN5O4/c1-19(2,3)29-18(26)24-13-5-4-11-6-14(10-21-15(11)8-13)23-16-7-12(20)9-22-17(16)25(27)28/h6-7,9-10,13,23H,4-5,8H2,1-3H3,(H,24,26). The molecule has 0 spiro atoms. The molecule has 3 rings (SSSR count). The molecule has 2 heterocycles. The molecule has 2 aromatic heterocycles. The molecular formula is C19H22FN5O4. The van der Waals surface area contributed by atoms with Crippen LogP contribution in [0.15, 0.2) is 24.5 Å². The Balaban J connectivity index is 1.70. The Morgan fingerprint density at radius 1 is 1.31 bits per heavy atom. The van der Waals surface area contributed by atoms with E-state index in [1.165, 1.54) is 6.20 Å². The van der Waals surface area contributed by atoms with Crippen LogP contribution in [0.3, 0.4) is 0 Å². The first-order chi connectivity index (χ1) is 13.6. The summed E-state index contributed by atoms with van der Waals surface area (Å²) in [6.07, 6.45) is 3.78. The lowest BCUT2D eigenvalue weighted by molar-refractivity contribution is -0.388. The summed E-state index contributed by atoms with van der Waals surface area (Å²) >= 11 is 0. The van der Waals surface area contributed by atoms with Gasteiger partial charge in [0.1, 0.15) is 11.3 Å². The number of nitro groups is 1. The fourth-order valence-electron chi connectivity index (χ4n) is 3.09. The number of rotatable bonds is 4. The summed E-state index contributed by atoms with van der Waals surface area (Å²) in [4.78, 5) is 30.3. The van der Waals surface area contributed by atoms with Crippen LogP contribution in [0.5, 0.6) is 0 Å². The van der Waals surface area contributed by atoms with Crippen LogP contribution >= 0.6 is 0 Å². The Bertz CT molecular complexity index is 945. The van der Waals surface area contributed by atoms with Crippen LogP contribution < -0.4 is 10.6 Å². The average molecular weight is 403 g/mol. The van der Waals surface area contributed by atoms with Gasteiger partial charge < -0.3 is 25.5 Å². The minimum Gasteiger partial charge on any atom is -0.444 e. The summed E-state index contributed by atoms with van der Waals surface area (Å²) in [5.41, 5.74) is 1.68. The molecule has 0 bridgehead atoms. The number of ether oxygens (including phenoxy) is 1. The van der Waals surface area contributed by atoms with Crippen LogP contribution in [0.2, 0.25) is 0 Å². The van der Waals surface area contributed by atoms with Crippen LogP contribution in [-0.2, 0) is 17.6 Å². The lowest BCUT2D eigenvalue weighted by Crippen LogP contribution is -2.42. The van der Waals surface area contributed by atoms with Gasteiger partial charge in [0.2, 0.25) is 0 Å². The van der Waals surface area contributed by atoms with Crippen LogP contribution in [0.4, 0.5) is 26.4 Å². The zero-order valence-corrected chi connectivity index (χ0v) is 16.4. The topological polar surface area (TPSA) is 119 Å². The molecule has 2 aromatic rings. The van der Waals surface area contributed by atoms with Crippen molar-refractivity contribution in [2.24, 2.45) is 0 Å². The van der Waals surface area contributed by atoms with Crippen LogP contribution in [0, 0.1) is 15.9 Å². The van der Waals surface area contributed by atoms with Gasteiger partial charge in [0.25, 0.3) is 0 Å². The Hall–Kier alpha value is -3.30. The third-order valence-corrected chi connectivity index (χ3v) is 4.27. The highest BCUT2D eigenvalue weighted by molar-refractivity contribution is 5.68. The van der Waals surface area contributed by atoms with Gasteiger partial charge in [-0.25, -0.2) is 9.18 Å². The summed E-state index contributed by atoms with van der Waals surface area (Å²) in [5, 5.41) is 16.8. The van der Waals surface area contributed by atoms with E-state index < -0.39 is 28.3 Å². The van der Waals surface area contributed by atoms with Crippen molar-refractivity contribution in [3.05, 3.63) is 51.7 Å². The second-order valence-electron chi connectivity index (χ2n) is 7.82. The molecule has 9 nitrogen and oxygen atoms in total. The highest BCUT2D eigenvalue weighted by Gasteiger charge is 2.25. The number of fused-ring (bicyclic) bond motifs is 1. The molecule has 10 heteroatoms. The lowest BCUT2D eigenvalue weighted by atomic mass is 9.92. The number of anilines is 2. The Morgan fingerprint density at radius 2 is 2.07 bits per heavy atom. The molecule has 0 saturated heterocycles. The molecule has 0 radical (unpaired) electrons. The number of carbonyl (C=O) groups is 1. The number of nitrogens with one attached hydrogen (secondary N) is 2. The number of alkyl carbamates (subject to hydrolysis) is 1. The van der Waals surface area contributed by atoms with E-state index >= 15 is 0 Å². The van der Waals surface area contributed by atoms with Gasteiger partial charge in [-0.15, -0.1) is 0 Å². The normalized spacial score (nSPS) is 15.9. The molecule has 1 atom stereocenters.